The molecule has 0 aromatic heterocycles. The molecule has 178 valence electrons. The van der Waals surface area contributed by atoms with Crippen LogP contribution in [-0.2, 0) is 4.79 Å². The smallest absolute Gasteiger partial charge is 0.270 e. The summed E-state index contributed by atoms with van der Waals surface area (Å²) in [5.74, 6) is -0.317. The number of thioether (sulfide) groups is 1. The van der Waals surface area contributed by atoms with E-state index in [1.807, 2.05) is 32.0 Å². The number of thiocarbonyl (C=S) groups is 1. The number of rotatable bonds is 6. The van der Waals surface area contributed by atoms with Crippen LogP contribution in [0.1, 0.15) is 29.8 Å². The van der Waals surface area contributed by atoms with Crippen molar-refractivity contribution in [3.05, 3.63) is 93.1 Å². The van der Waals surface area contributed by atoms with Gasteiger partial charge in [-0.3, -0.25) is 14.5 Å². The number of nitrogens with zero attached hydrogens (tertiary/aromatic N) is 1. The molecule has 0 atom stereocenters. The second kappa shape index (κ2) is 10.7. The lowest BCUT2D eigenvalue weighted by Gasteiger charge is -2.15. The molecule has 0 bridgehead atoms. The number of benzene rings is 3. The van der Waals surface area contributed by atoms with Crippen molar-refractivity contribution in [3.8, 4) is 5.75 Å². The van der Waals surface area contributed by atoms with Gasteiger partial charge in [0.1, 0.15) is 11.6 Å². The molecule has 0 radical (unpaired) electrons. The maximum absolute atomic E-state index is 13.2. The Morgan fingerprint density at radius 2 is 1.89 bits per heavy atom. The van der Waals surface area contributed by atoms with Crippen molar-refractivity contribution in [1.29, 1.82) is 0 Å². The molecule has 9 heteroatoms. The number of anilines is 2. The lowest BCUT2D eigenvalue weighted by atomic mass is 10.1. The molecule has 0 unspecified atom stereocenters. The molecule has 0 saturated carbocycles. The van der Waals surface area contributed by atoms with Gasteiger partial charge in [0.25, 0.3) is 11.8 Å². The first-order valence-corrected chi connectivity index (χ1v) is 12.6. The number of nitrogens with one attached hydrogen (secondary N) is 1. The summed E-state index contributed by atoms with van der Waals surface area (Å²) in [4.78, 5) is 27.8. The molecule has 3 aromatic rings. The first-order chi connectivity index (χ1) is 16.7. The van der Waals surface area contributed by atoms with Gasteiger partial charge in [0, 0.05) is 11.3 Å². The van der Waals surface area contributed by atoms with Gasteiger partial charge in [0.15, 0.2) is 4.32 Å². The fourth-order valence-electron chi connectivity index (χ4n) is 3.32. The van der Waals surface area contributed by atoms with E-state index in [0.717, 1.165) is 15.8 Å². The summed E-state index contributed by atoms with van der Waals surface area (Å²) in [6, 6.07) is 17.7. The Bertz CT molecular complexity index is 1340. The molecule has 1 N–H and O–H groups in total. The van der Waals surface area contributed by atoms with E-state index in [1.54, 1.807) is 30.3 Å². The number of ether oxygens (including phenoxy) is 1. The van der Waals surface area contributed by atoms with Gasteiger partial charge in [-0.2, -0.15) is 0 Å². The van der Waals surface area contributed by atoms with Gasteiger partial charge in [-0.25, -0.2) is 4.39 Å². The third kappa shape index (κ3) is 5.98. The minimum atomic E-state index is -0.389. The summed E-state index contributed by atoms with van der Waals surface area (Å²) < 4.78 is 20.0. The van der Waals surface area contributed by atoms with Crippen LogP contribution in [0.3, 0.4) is 0 Å². The van der Waals surface area contributed by atoms with E-state index in [1.165, 1.54) is 40.9 Å². The minimum Gasteiger partial charge on any atom is -0.490 e. The van der Waals surface area contributed by atoms with Crippen molar-refractivity contribution in [3.63, 3.8) is 0 Å². The molecule has 3 aromatic carbocycles. The largest absolute Gasteiger partial charge is 0.490 e. The van der Waals surface area contributed by atoms with E-state index in [4.69, 9.17) is 17.0 Å². The molecule has 0 spiro atoms. The molecule has 2 amide bonds. The molecule has 5 nitrogen and oxygen atoms in total. The lowest BCUT2D eigenvalue weighted by Crippen LogP contribution is -2.27. The van der Waals surface area contributed by atoms with Gasteiger partial charge in [-0.1, -0.05) is 36.1 Å². The van der Waals surface area contributed by atoms with Crippen LogP contribution in [0.4, 0.5) is 15.8 Å². The average Bonchev–Trinajstić information content (AvgIpc) is 3.09. The topological polar surface area (TPSA) is 58.6 Å². The van der Waals surface area contributed by atoms with Crippen molar-refractivity contribution in [2.75, 3.05) is 10.2 Å². The monoisotopic (exact) mass is 570 g/mol. The number of carbonyl (C=O) groups is 2. The summed E-state index contributed by atoms with van der Waals surface area (Å²) in [5.41, 5.74) is 2.12. The summed E-state index contributed by atoms with van der Waals surface area (Å²) >= 11 is 10.2. The van der Waals surface area contributed by atoms with Crippen LogP contribution >= 0.6 is 39.9 Å². The van der Waals surface area contributed by atoms with Gasteiger partial charge in [-0.05, 0) is 96.0 Å². The Morgan fingerprint density at radius 1 is 1.14 bits per heavy atom. The van der Waals surface area contributed by atoms with Crippen LogP contribution in [0.5, 0.6) is 5.75 Å². The van der Waals surface area contributed by atoms with Crippen LogP contribution < -0.4 is 15.0 Å². The second-order valence-electron chi connectivity index (χ2n) is 7.88. The minimum absolute atomic E-state index is 0.0435. The quantitative estimate of drug-likeness (QED) is 0.254. The van der Waals surface area contributed by atoms with E-state index < -0.39 is 0 Å². The Balaban J connectivity index is 1.54. The normalized spacial score (nSPS) is 14.7. The van der Waals surface area contributed by atoms with Crippen molar-refractivity contribution in [2.45, 2.75) is 20.0 Å². The van der Waals surface area contributed by atoms with Crippen LogP contribution in [-0.4, -0.2) is 22.2 Å². The highest BCUT2D eigenvalue weighted by Crippen LogP contribution is 2.37. The van der Waals surface area contributed by atoms with Crippen LogP contribution in [0.15, 0.2) is 76.1 Å². The first-order valence-electron chi connectivity index (χ1n) is 10.6. The molecule has 1 aliphatic heterocycles. The maximum Gasteiger partial charge on any atom is 0.270 e. The first kappa shape index (κ1) is 25.1. The summed E-state index contributed by atoms with van der Waals surface area (Å²) in [6.45, 7) is 3.90. The zero-order chi connectivity index (χ0) is 25.1. The van der Waals surface area contributed by atoms with Crippen molar-refractivity contribution in [2.24, 2.45) is 0 Å². The predicted molar refractivity (Wildman–Crippen MR) is 146 cm³/mol. The molecule has 4 rings (SSSR count). The predicted octanol–water partition coefficient (Wildman–Crippen LogP) is 7.03. The molecular formula is C26H20BrFN2O3S2. The average molecular weight is 571 g/mol. The van der Waals surface area contributed by atoms with E-state index in [9.17, 15) is 14.0 Å². The Hall–Kier alpha value is -3.01. The van der Waals surface area contributed by atoms with Crippen molar-refractivity contribution >= 4 is 73.5 Å². The molecule has 1 aliphatic rings. The third-order valence-electron chi connectivity index (χ3n) is 4.88. The number of halogens is 2. The van der Waals surface area contributed by atoms with Gasteiger partial charge < -0.3 is 10.1 Å². The van der Waals surface area contributed by atoms with E-state index in [2.05, 4.69) is 21.2 Å². The molecule has 1 fully saturated rings. The number of hydrogen-bond acceptors (Lipinski definition) is 5. The van der Waals surface area contributed by atoms with Gasteiger partial charge in [-0.15, -0.1) is 0 Å². The molecule has 1 saturated heterocycles. The SMILES string of the molecule is CC(C)Oc1ccc(/C=C2/SC(=S)N(c3cccc(C(=O)Nc4ccc(F)cc4)c3)C2=O)cc1Br. The molecular weight excluding hydrogens is 551 g/mol. The lowest BCUT2D eigenvalue weighted by molar-refractivity contribution is -0.113. The molecule has 0 aliphatic carbocycles. The maximum atomic E-state index is 13.2. The van der Waals surface area contributed by atoms with E-state index in [-0.39, 0.29) is 23.7 Å². The standard InChI is InChI=1S/C26H20BrFN2O3S2/c1-15(2)33-22-11-6-16(12-21(22)27)13-23-25(32)30(26(34)35-23)20-5-3-4-17(14-20)24(31)29-19-9-7-18(28)8-10-19/h3-15H,1-2H3,(H,29,31)/b23-13+. The summed E-state index contributed by atoms with van der Waals surface area (Å²) in [5, 5.41) is 2.72. The number of carbonyl (C=O) groups excluding carboxylic acids is 2. The zero-order valence-electron chi connectivity index (χ0n) is 18.7. The molecule has 35 heavy (non-hydrogen) atoms. The number of amides is 2. The van der Waals surface area contributed by atoms with Crippen LogP contribution in [0, 0.1) is 5.82 Å². The van der Waals surface area contributed by atoms with Crippen molar-refractivity contribution in [1.82, 2.24) is 0 Å². The Morgan fingerprint density at radius 3 is 2.57 bits per heavy atom. The van der Waals surface area contributed by atoms with Gasteiger partial charge in [0.2, 0.25) is 0 Å². The molecule has 1 heterocycles. The Kier molecular flexibility index (Phi) is 7.69. The van der Waals surface area contributed by atoms with Crippen LogP contribution in [0.2, 0.25) is 0 Å². The highest BCUT2D eigenvalue weighted by molar-refractivity contribution is 9.10. The third-order valence-corrected chi connectivity index (χ3v) is 6.80. The van der Waals surface area contributed by atoms with Crippen LogP contribution in [0.25, 0.3) is 6.08 Å². The fourth-order valence-corrected chi connectivity index (χ4v) is 5.11. The highest BCUT2D eigenvalue weighted by Gasteiger charge is 2.33. The van der Waals surface area contributed by atoms with Gasteiger partial charge in [0.05, 0.1) is 21.2 Å². The van der Waals surface area contributed by atoms with Crippen molar-refractivity contribution < 1.29 is 18.7 Å². The fraction of sp³-hybridized carbons (Fsp3) is 0.115. The zero-order valence-corrected chi connectivity index (χ0v) is 22.0. The summed E-state index contributed by atoms with van der Waals surface area (Å²) in [7, 11) is 0. The number of hydrogen-bond donors (Lipinski definition) is 1. The van der Waals surface area contributed by atoms with Gasteiger partial charge >= 0.3 is 0 Å². The summed E-state index contributed by atoms with van der Waals surface area (Å²) in [6.07, 6.45) is 1.82. The van der Waals surface area contributed by atoms with E-state index in [0.29, 0.717) is 26.2 Å². The highest BCUT2D eigenvalue weighted by atomic mass is 79.9. The second-order valence-corrected chi connectivity index (χ2v) is 10.4. The Labute approximate surface area is 220 Å². The van der Waals surface area contributed by atoms with E-state index >= 15 is 0 Å².